The molecule has 0 saturated carbocycles. The molecular weight excluding hydrogens is 1010 g/mol. The zero-order valence-corrected chi connectivity index (χ0v) is 45.2. The van der Waals surface area contributed by atoms with Gasteiger partial charge in [0, 0.05) is 12.2 Å². The predicted molar refractivity (Wildman–Crippen MR) is 280 cm³/mol. The molecule has 0 aromatic carbocycles. The van der Waals surface area contributed by atoms with Crippen LogP contribution in [-0.4, -0.2) is 98.3 Å². The number of rotatable bonds is 14. The van der Waals surface area contributed by atoms with Gasteiger partial charge in [-0.2, -0.15) is 12.6 Å². The second-order valence-corrected chi connectivity index (χ2v) is 19.7. The molecule has 0 fully saturated rings. The lowest BCUT2D eigenvalue weighted by Gasteiger charge is -2.25. The van der Waals surface area contributed by atoms with Crippen molar-refractivity contribution in [3.8, 4) is 0 Å². The number of amides is 6. The number of aromatic nitrogens is 2. The molecule has 0 unspecified atom stereocenters. The zero-order chi connectivity index (χ0) is 55.6. The molecule has 410 valence electrons. The van der Waals surface area contributed by atoms with E-state index in [-0.39, 0.29) is 59.7 Å². The van der Waals surface area contributed by atoms with Crippen molar-refractivity contribution in [3.05, 3.63) is 94.4 Å². The number of fused-ring (bicyclic) bond motifs is 4. The van der Waals surface area contributed by atoms with Crippen LogP contribution in [0.1, 0.15) is 145 Å². The van der Waals surface area contributed by atoms with E-state index in [0.29, 0.717) is 37.2 Å². The summed E-state index contributed by atoms with van der Waals surface area (Å²) in [4.78, 5) is 122. The molecule has 19 nitrogen and oxygen atoms in total. The van der Waals surface area contributed by atoms with Gasteiger partial charge in [0.2, 0.25) is 11.8 Å². The number of carbonyl (C=O) groups excluding carboxylic acids is 9. The van der Waals surface area contributed by atoms with Gasteiger partial charge in [0.25, 0.3) is 23.6 Å². The van der Waals surface area contributed by atoms with Crippen molar-refractivity contribution in [1.82, 2.24) is 41.9 Å². The van der Waals surface area contributed by atoms with Crippen molar-refractivity contribution in [3.63, 3.8) is 0 Å². The second kappa shape index (κ2) is 32.7. The summed E-state index contributed by atoms with van der Waals surface area (Å²) in [6.45, 7) is 11.8. The number of halogens is 2. The minimum absolute atomic E-state index is 0.0533. The van der Waals surface area contributed by atoms with Crippen LogP contribution >= 0.6 is 24.4 Å². The van der Waals surface area contributed by atoms with Crippen LogP contribution < -0.4 is 31.9 Å². The summed E-state index contributed by atoms with van der Waals surface area (Å²) in [6.07, 6.45) is 9.97. The number of thiol groups is 1. The number of nitrogens with zero attached hydrogens (tertiary/aromatic N) is 2. The Labute approximate surface area is 446 Å². The number of hydrogen-bond donors (Lipinski definition) is 7. The highest BCUT2D eigenvalue weighted by molar-refractivity contribution is 8.13. The lowest BCUT2D eigenvalue weighted by molar-refractivity contribution is -0.156. The molecule has 6 amide bonds. The van der Waals surface area contributed by atoms with Crippen LogP contribution in [0, 0.1) is 23.5 Å². The highest BCUT2D eigenvalue weighted by atomic mass is 32.2. The number of pyridine rings is 2. The number of thioether (sulfide) groups is 1. The van der Waals surface area contributed by atoms with E-state index in [1.165, 1.54) is 49.9 Å². The normalized spacial score (nSPS) is 20.8. The molecule has 0 aliphatic carbocycles. The van der Waals surface area contributed by atoms with E-state index in [4.69, 9.17) is 9.47 Å². The monoisotopic (exact) mass is 1080 g/mol. The number of esters is 2. The third kappa shape index (κ3) is 21.7. The SMILES string of the molecule is C/C=C1\NC(=O)c2nc(ccc2F)CNC(=O)C[C@@H](/C=C/CCSC(=O)CCCCC)OC(=O)[C@H](C(C)C)NC1=O.C/C=C1\NC(=O)c2nc(ccc2F)CNC(=O)C[C@@H](CCCCS)OC(=O)[C@H](C(C)C)NC1=O. The predicted octanol–water partition coefficient (Wildman–Crippen LogP) is 5.74. The average Bonchev–Trinajstić information content (AvgIpc) is 3.36. The van der Waals surface area contributed by atoms with E-state index in [1.807, 2.05) is 0 Å². The minimum Gasteiger partial charge on any atom is -0.460 e. The number of carbonyl (C=O) groups is 9. The molecule has 23 heteroatoms. The molecule has 75 heavy (non-hydrogen) atoms. The summed E-state index contributed by atoms with van der Waals surface area (Å²) in [5, 5.41) is 15.2. The fraction of sp³-hybridized carbons (Fsp3) is 0.519. The number of hydrogen-bond acceptors (Lipinski definition) is 15. The average molecular weight is 1090 g/mol. The van der Waals surface area contributed by atoms with Crippen LogP contribution in [0.4, 0.5) is 8.78 Å². The molecule has 6 N–H and O–H groups in total. The number of unbranched alkanes of at least 4 members (excludes halogenated alkanes) is 3. The highest BCUT2D eigenvalue weighted by Crippen LogP contribution is 2.18. The first-order valence-electron chi connectivity index (χ1n) is 25.0. The fourth-order valence-electron chi connectivity index (χ4n) is 7.09. The molecule has 2 aliphatic heterocycles. The van der Waals surface area contributed by atoms with Gasteiger partial charge < -0.3 is 41.4 Å². The standard InChI is InChI=1S/C29H39FN4O6S.C23H31FN4O5S/c1-5-7-8-12-24(36)41-15-10-9-11-20-16-23(35)31-17-19-13-14-21(30)26(32-19)28(38)33-22(6-2)27(37)34-25(18(3)4)29(39)40-20;1-4-17-21(30)28-19(13(2)3)23(32)33-15(7-5-6-10-34)11-18(29)25-12-14-8-9-16(24)20(26-14)22(31)27-17/h6,9,11,13-14,18,20,25H,5,7-8,10,12,15-17H2,1-4H3,(H,31,35)(H,33,38)(H,34,37);4,8-9,13,15,19,34H,5-7,10-12H2,1-3H3,(H,25,29)(H,27,31)(H,28,30)/b11-9+,22-6-;17-4-/t20-,25+;15-,19+/m11/s1. The zero-order valence-electron chi connectivity index (χ0n) is 43.5. The number of ether oxygens (including phenoxy) is 2. The molecule has 2 aromatic rings. The van der Waals surface area contributed by atoms with Crippen molar-refractivity contribution >= 4 is 76.9 Å². The topological polar surface area (TPSA) is 270 Å². The van der Waals surface area contributed by atoms with Crippen LogP contribution in [-0.2, 0) is 56.1 Å². The Bertz CT molecular complexity index is 2450. The largest absolute Gasteiger partial charge is 0.460 e. The molecule has 4 atom stereocenters. The maximum Gasteiger partial charge on any atom is 0.329 e. The molecule has 0 saturated heterocycles. The summed E-state index contributed by atoms with van der Waals surface area (Å²) in [5.74, 6) is -7.02. The van der Waals surface area contributed by atoms with Gasteiger partial charge in [-0.25, -0.2) is 28.3 Å². The molecule has 4 rings (SSSR count). The van der Waals surface area contributed by atoms with Gasteiger partial charge in [0.05, 0.1) is 37.3 Å². The molecule has 2 aromatic heterocycles. The number of nitrogens with one attached hydrogen (secondary N) is 6. The van der Waals surface area contributed by atoms with Gasteiger partial charge >= 0.3 is 11.9 Å². The Hall–Kier alpha value is -6.49. The van der Waals surface area contributed by atoms with Crippen LogP contribution in [0.25, 0.3) is 0 Å². The lowest BCUT2D eigenvalue weighted by atomic mass is 10.0. The van der Waals surface area contributed by atoms with Crippen LogP contribution in [0.3, 0.4) is 0 Å². The molecule has 4 heterocycles. The van der Waals surface area contributed by atoms with E-state index in [1.54, 1.807) is 39.8 Å². The van der Waals surface area contributed by atoms with Gasteiger partial charge in [0.15, 0.2) is 28.1 Å². The highest BCUT2D eigenvalue weighted by Gasteiger charge is 2.32. The van der Waals surface area contributed by atoms with E-state index in [9.17, 15) is 51.9 Å². The molecule has 4 bridgehead atoms. The molecule has 2 aliphatic rings. The van der Waals surface area contributed by atoms with Crippen LogP contribution in [0.15, 0.2) is 60.0 Å². The van der Waals surface area contributed by atoms with Crippen molar-refractivity contribution in [2.24, 2.45) is 11.8 Å². The Balaban J connectivity index is 0.000000402. The minimum atomic E-state index is -1.10. The molecular formula is C52H70F2N8O11S2. The number of allylic oxidation sites excluding steroid dienone is 3. The Morgan fingerprint density at radius 2 is 1.23 bits per heavy atom. The summed E-state index contributed by atoms with van der Waals surface area (Å²) in [5.41, 5.74) is -0.955. The maximum absolute atomic E-state index is 14.4. The first-order chi connectivity index (χ1) is 35.7. The quantitative estimate of drug-likeness (QED) is 0.0391. The van der Waals surface area contributed by atoms with Crippen molar-refractivity contribution in [2.75, 3.05) is 11.5 Å². The molecule has 0 spiro atoms. The van der Waals surface area contributed by atoms with Crippen molar-refractivity contribution in [1.29, 1.82) is 0 Å². The van der Waals surface area contributed by atoms with E-state index in [0.717, 1.165) is 37.8 Å². The fourth-order valence-corrected chi connectivity index (χ4v) is 8.08. The third-order valence-electron chi connectivity index (χ3n) is 11.3. The lowest BCUT2D eigenvalue weighted by Crippen LogP contribution is -2.49. The van der Waals surface area contributed by atoms with Gasteiger partial charge in [-0.05, 0) is 93.9 Å². The number of cyclic esters (lactones) is 2. The van der Waals surface area contributed by atoms with E-state index in [2.05, 4.69) is 61.4 Å². The summed E-state index contributed by atoms with van der Waals surface area (Å²) in [6, 6.07) is 2.66. The second-order valence-electron chi connectivity index (χ2n) is 18.1. The summed E-state index contributed by atoms with van der Waals surface area (Å²) in [7, 11) is 0. The Morgan fingerprint density at radius 1 is 0.720 bits per heavy atom. The Kier molecular flexibility index (Phi) is 27.4. The molecule has 0 radical (unpaired) electrons. The summed E-state index contributed by atoms with van der Waals surface area (Å²) < 4.78 is 39.9. The van der Waals surface area contributed by atoms with Gasteiger partial charge in [0.1, 0.15) is 35.7 Å². The van der Waals surface area contributed by atoms with Gasteiger partial charge in [-0.3, -0.25) is 33.6 Å². The maximum atomic E-state index is 14.4. The third-order valence-corrected chi connectivity index (χ3v) is 12.6. The van der Waals surface area contributed by atoms with Crippen LogP contribution in [0.2, 0.25) is 0 Å². The van der Waals surface area contributed by atoms with E-state index < -0.39 is 101 Å². The van der Waals surface area contributed by atoms with E-state index >= 15 is 0 Å². The first kappa shape index (κ1) is 62.8. The van der Waals surface area contributed by atoms with Gasteiger partial charge in [-0.1, -0.05) is 77.5 Å². The van der Waals surface area contributed by atoms with Crippen LogP contribution in [0.5, 0.6) is 0 Å². The Morgan fingerprint density at radius 3 is 1.71 bits per heavy atom. The van der Waals surface area contributed by atoms with Gasteiger partial charge in [-0.15, -0.1) is 0 Å². The van der Waals surface area contributed by atoms with Crippen molar-refractivity contribution < 1.29 is 61.4 Å². The summed E-state index contributed by atoms with van der Waals surface area (Å²) >= 11 is 5.43. The van der Waals surface area contributed by atoms with Crippen molar-refractivity contribution in [2.45, 2.75) is 150 Å². The first-order valence-corrected chi connectivity index (χ1v) is 26.6. The smallest absolute Gasteiger partial charge is 0.329 e.